The lowest BCUT2D eigenvalue weighted by atomic mass is 9.31. The van der Waals surface area contributed by atoms with Crippen LogP contribution in [-0.2, 0) is 4.84 Å². The molecule has 8 aliphatic rings. The van der Waals surface area contributed by atoms with Crippen LogP contribution in [0.25, 0.3) is 0 Å². The third kappa shape index (κ3) is 1.97. The van der Waals surface area contributed by atoms with Crippen molar-refractivity contribution in [3.8, 4) is 0 Å². The molecule has 26 heavy (non-hydrogen) atoms. The summed E-state index contributed by atoms with van der Waals surface area (Å²) in [6, 6.07) is 0. The molecule has 0 spiro atoms. The molecule has 0 aromatic heterocycles. The Morgan fingerprint density at radius 3 is 2.00 bits per heavy atom. The second kappa shape index (κ2) is 4.43. The van der Waals surface area contributed by atoms with Crippen molar-refractivity contribution >= 4 is 0 Å². The van der Waals surface area contributed by atoms with Crippen molar-refractivity contribution in [3.63, 3.8) is 0 Å². The van der Waals surface area contributed by atoms with E-state index < -0.39 is 10.7 Å². The van der Waals surface area contributed by atoms with Gasteiger partial charge in [-0.1, -0.05) is 13.8 Å². The van der Waals surface area contributed by atoms with Gasteiger partial charge in [0, 0.05) is 0 Å². The lowest BCUT2D eigenvalue weighted by molar-refractivity contribution is -0.786. The van der Waals surface area contributed by atoms with Gasteiger partial charge in [0.15, 0.2) is 0 Å². The number of nitrogens with zero attached hydrogens (tertiary/aromatic N) is 1. The van der Waals surface area contributed by atoms with Crippen LogP contribution in [0, 0.1) is 49.5 Å². The van der Waals surface area contributed by atoms with Crippen LogP contribution in [0.15, 0.2) is 0 Å². The Morgan fingerprint density at radius 1 is 0.769 bits per heavy atom. The molecule has 8 aliphatic carbocycles. The van der Waals surface area contributed by atoms with Gasteiger partial charge in [0.25, 0.3) is 5.09 Å². The molecule has 0 N–H and O–H groups in total. The average Bonchev–Trinajstić information content (AvgIpc) is 2.39. The normalized spacial score (nSPS) is 61.8. The molecule has 4 heteroatoms. The van der Waals surface area contributed by atoms with Crippen LogP contribution in [0.1, 0.15) is 90.9 Å². The molecule has 0 aromatic rings. The standard InChI is InChI=1S/C22H33NO3/c1-18-4-15-3-16(5-18)8-20(7-15,11-18)21-9-17-6-19(2,12-21)13-22(10-17,14-21)26-23(24)25/h15-17H,3-14H2,1-2H3. The minimum Gasteiger partial charge on any atom is -0.307 e. The molecule has 0 amide bonds. The molecule has 8 saturated carbocycles. The van der Waals surface area contributed by atoms with E-state index in [0.29, 0.717) is 22.2 Å². The maximum absolute atomic E-state index is 11.4. The number of rotatable bonds is 3. The molecule has 4 nitrogen and oxygen atoms in total. The van der Waals surface area contributed by atoms with Gasteiger partial charge in [-0.25, -0.2) is 0 Å². The van der Waals surface area contributed by atoms with Crippen LogP contribution >= 0.6 is 0 Å². The molecule has 0 saturated heterocycles. The molecule has 0 heterocycles. The lowest BCUT2D eigenvalue weighted by Crippen LogP contribution is -2.68. The summed E-state index contributed by atoms with van der Waals surface area (Å²) in [6.07, 6.45) is 15.3. The van der Waals surface area contributed by atoms with Gasteiger partial charge in [-0.3, -0.25) is 0 Å². The zero-order valence-electron chi connectivity index (χ0n) is 16.4. The molecule has 8 fully saturated rings. The first-order chi connectivity index (χ1) is 12.1. The first-order valence-electron chi connectivity index (χ1n) is 11.0. The van der Waals surface area contributed by atoms with Crippen LogP contribution in [0.5, 0.6) is 0 Å². The molecule has 0 aliphatic heterocycles. The zero-order chi connectivity index (χ0) is 18.0. The minimum atomic E-state index is -0.470. The Morgan fingerprint density at radius 2 is 1.38 bits per heavy atom. The van der Waals surface area contributed by atoms with Crippen LogP contribution in [-0.4, -0.2) is 10.7 Å². The van der Waals surface area contributed by atoms with Gasteiger partial charge in [0.2, 0.25) is 0 Å². The lowest BCUT2D eigenvalue weighted by Gasteiger charge is -2.74. The van der Waals surface area contributed by atoms with Crippen molar-refractivity contribution in [2.45, 2.75) is 96.5 Å². The second-order valence-electron chi connectivity index (χ2n) is 12.6. The largest absolute Gasteiger partial charge is 0.307 e. The van der Waals surface area contributed by atoms with Crippen LogP contribution < -0.4 is 0 Å². The Hall–Kier alpha value is -0.800. The predicted molar refractivity (Wildman–Crippen MR) is 97.8 cm³/mol. The highest BCUT2D eigenvalue weighted by atomic mass is 17.0. The summed E-state index contributed by atoms with van der Waals surface area (Å²) < 4.78 is 0. The summed E-state index contributed by atoms with van der Waals surface area (Å²) >= 11 is 0. The zero-order valence-corrected chi connectivity index (χ0v) is 16.4. The van der Waals surface area contributed by atoms with Crippen LogP contribution in [0.4, 0.5) is 0 Å². The van der Waals surface area contributed by atoms with E-state index in [4.69, 9.17) is 4.84 Å². The average molecular weight is 360 g/mol. The van der Waals surface area contributed by atoms with E-state index in [1.54, 1.807) is 0 Å². The first kappa shape index (κ1) is 16.2. The maximum atomic E-state index is 11.4. The number of hydrogen-bond donors (Lipinski definition) is 0. The van der Waals surface area contributed by atoms with E-state index in [2.05, 4.69) is 13.8 Å². The van der Waals surface area contributed by atoms with E-state index in [1.165, 1.54) is 57.8 Å². The van der Waals surface area contributed by atoms with Gasteiger partial charge in [0.05, 0.1) is 0 Å². The van der Waals surface area contributed by atoms with Crippen molar-refractivity contribution in [2.75, 3.05) is 0 Å². The predicted octanol–water partition coefficient (Wildman–Crippen LogP) is 5.53. The molecular weight excluding hydrogens is 326 g/mol. The SMILES string of the molecule is CC12CC3CC(C1)CC(C14CC5CC(C)(CC(O[N+](=O)[O-])(C5)C1)C4)(C3)C2. The summed E-state index contributed by atoms with van der Waals surface area (Å²) in [4.78, 5) is 16.9. The molecule has 0 radical (unpaired) electrons. The maximum Gasteiger partial charge on any atom is 0.295 e. The van der Waals surface area contributed by atoms with Crippen molar-refractivity contribution < 1.29 is 9.92 Å². The van der Waals surface area contributed by atoms with Crippen molar-refractivity contribution in [3.05, 3.63) is 10.1 Å². The second-order valence-corrected chi connectivity index (χ2v) is 12.6. The first-order valence-corrected chi connectivity index (χ1v) is 11.0. The van der Waals surface area contributed by atoms with Gasteiger partial charge >= 0.3 is 0 Å². The molecule has 8 bridgehead atoms. The highest BCUT2D eigenvalue weighted by Crippen LogP contribution is 2.79. The molecule has 6 unspecified atom stereocenters. The monoisotopic (exact) mass is 359 g/mol. The summed E-state index contributed by atoms with van der Waals surface area (Å²) in [5.41, 5.74) is 1.11. The van der Waals surface area contributed by atoms with Crippen molar-refractivity contribution in [1.29, 1.82) is 0 Å². The van der Waals surface area contributed by atoms with E-state index in [1.807, 2.05) is 0 Å². The molecule has 8 rings (SSSR count). The van der Waals surface area contributed by atoms with Crippen molar-refractivity contribution in [2.24, 2.45) is 39.4 Å². The summed E-state index contributed by atoms with van der Waals surface area (Å²) in [5, 5.41) is 10.9. The van der Waals surface area contributed by atoms with Gasteiger partial charge in [0.1, 0.15) is 5.60 Å². The summed E-state index contributed by atoms with van der Waals surface area (Å²) in [6.45, 7) is 4.98. The Labute approximate surface area is 156 Å². The van der Waals surface area contributed by atoms with Gasteiger partial charge in [-0.2, -0.15) is 0 Å². The van der Waals surface area contributed by atoms with E-state index in [-0.39, 0.29) is 5.41 Å². The third-order valence-corrected chi connectivity index (χ3v) is 10.0. The van der Waals surface area contributed by atoms with Crippen LogP contribution in [0.2, 0.25) is 0 Å². The topological polar surface area (TPSA) is 52.4 Å². The third-order valence-electron chi connectivity index (χ3n) is 10.0. The Kier molecular flexibility index (Phi) is 2.76. The van der Waals surface area contributed by atoms with Crippen molar-refractivity contribution in [1.82, 2.24) is 0 Å². The highest BCUT2D eigenvalue weighted by molar-refractivity contribution is 5.21. The van der Waals surface area contributed by atoms with E-state index in [9.17, 15) is 10.1 Å². The van der Waals surface area contributed by atoms with Gasteiger partial charge < -0.3 is 4.84 Å². The van der Waals surface area contributed by atoms with E-state index >= 15 is 0 Å². The smallest absolute Gasteiger partial charge is 0.295 e. The minimum absolute atomic E-state index is 0.264. The molecular formula is C22H33NO3. The quantitative estimate of drug-likeness (QED) is 0.492. The van der Waals surface area contributed by atoms with Crippen LogP contribution in [0.3, 0.4) is 0 Å². The van der Waals surface area contributed by atoms with Gasteiger partial charge in [-0.15, -0.1) is 10.1 Å². The van der Waals surface area contributed by atoms with Gasteiger partial charge in [-0.05, 0) is 116 Å². The summed E-state index contributed by atoms with van der Waals surface area (Å²) in [7, 11) is 0. The summed E-state index contributed by atoms with van der Waals surface area (Å²) in [5.74, 6) is 2.50. The highest BCUT2D eigenvalue weighted by Gasteiger charge is 2.71. The molecule has 144 valence electrons. The molecule has 6 atom stereocenters. The Bertz CT molecular complexity index is 677. The Balaban J connectivity index is 1.45. The van der Waals surface area contributed by atoms with E-state index in [0.717, 1.165) is 31.1 Å². The fourth-order valence-corrected chi connectivity index (χ4v) is 11.0. The fourth-order valence-electron chi connectivity index (χ4n) is 11.0. The number of hydrogen-bond acceptors (Lipinski definition) is 3. The fraction of sp³-hybridized carbons (Fsp3) is 1.00. The molecule has 0 aromatic carbocycles.